The maximum atomic E-state index is 11.4. The predicted octanol–water partition coefficient (Wildman–Crippen LogP) is 2.62. The second-order valence-corrected chi connectivity index (χ2v) is 6.03. The maximum Gasteiger partial charge on any atom is 0.225 e. The summed E-state index contributed by atoms with van der Waals surface area (Å²) < 4.78 is 0. The van der Waals surface area contributed by atoms with Gasteiger partial charge in [0.15, 0.2) is 5.78 Å². The summed E-state index contributed by atoms with van der Waals surface area (Å²) in [6, 6.07) is 9.85. The van der Waals surface area contributed by atoms with Gasteiger partial charge >= 0.3 is 0 Å². The third-order valence-electron chi connectivity index (χ3n) is 4.17. The molecule has 0 radical (unpaired) electrons. The summed E-state index contributed by atoms with van der Waals surface area (Å²) in [4.78, 5) is 25.0. The van der Waals surface area contributed by atoms with Gasteiger partial charge in [0.05, 0.1) is 0 Å². The Balaban J connectivity index is 1.67. The third kappa shape index (κ3) is 3.50. The highest BCUT2D eigenvalue weighted by atomic mass is 16.1. The van der Waals surface area contributed by atoms with Crippen LogP contribution in [-0.2, 0) is 0 Å². The molecule has 0 saturated carbocycles. The number of anilines is 2. The second kappa shape index (κ2) is 6.36. The zero-order chi connectivity index (χ0) is 16.4. The molecular weight excluding hydrogens is 288 g/mol. The van der Waals surface area contributed by atoms with Gasteiger partial charge in [-0.3, -0.25) is 4.79 Å². The van der Waals surface area contributed by atoms with E-state index in [1.165, 1.54) is 0 Å². The zero-order valence-electron chi connectivity index (χ0n) is 13.9. The zero-order valence-corrected chi connectivity index (χ0v) is 13.9. The fraction of sp³-hybridized carbons (Fsp3) is 0.389. The van der Waals surface area contributed by atoms with E-state index in [4.69, 9.17) is 0 Å². The van der Waals surface area contributed by atoms with Crippen LogP contribution in [0.2, 0.25) is 0 Å². The van der Waals surface area contributed by atoms with Crippen molar-refractivity contribution in [1.82, 2.24) is 9.97 Å². The SMILES string of the molecule is CC(=O)c1ccc(N2CCN(c3nc(C)cc(C)n3)CC2)cc1. The standard InChI is InChI=1S/C18H22N4O/c1-13-12-14(2)20-18(19-13)22-10-8-21(9-11-22)17-6-4-16(5-7-17)15(3)23/h4-7,12H,8-11H2,1-3H3. The summed E-state index contributed by atoms with van der Waals surface area (Å²) >= 11 is 0. The van der Waals surface area contributed by atoms with Crippen molar-refractivity contribution in [2.45, 2.75) is 20.8 Å². The highest BCUT2D eigenvalue weighted by molar-refractivity contribution is 5.94. The lowest BCUT2D eigenvalue weighted by Crippen LogP contribution is -2.47. The largest absolute Gasteiger partial charge is 0.368 e. The highest BCUT2D eigenvalue weighted by Crippen LogP contribution is 2.19. The van der Waals surface area contributed by atoms with Gasteiger partial charge in [0.1, 0.15) is 0 Å². The van der Waals surface area contributed by atoms with Gasteiger partial charge in [0, 0.05) is 48.8 Å². The molecule has 5 nitrogen and oxygen atoms in total. The number of benzene rings is 1. The molecule has 0 unspecified atom stereocenters. The van der Waals surface area contributed by atoms with Gasteiger partial charge in [0.25, 0.3) is 0 Å². The minimum absolute atomic E-state index is 0.105. The Bertz CT molecular complexity index is 683. The van der Waals surface area contributed by atoms with Crippen LogP contribution in [0.4, 0.5) is 11.6 Å². The van der Waals surface area contributed by atoms with Crippen LogP contribution in [-0.4, -0.2) is 41.9 Å². The van der Waals surface area contributed by atoms with Crippen LogP contribution in [0.3, 0.4) is 0 Å². The summed E-state index contributed by atoms with van der Waals surface area (Å²) in [7, 11) is 0. The first kappa shape index (κ1) is 15.5. The Kier molecular flexibility index (Phi) is 4.28. The van der Waals surface area contributed by atoms with Gasteiger partial charge in [-0.1, -0.05) is 0 Å². The molecule has 0 spiro atoms. The van der Waals surface area contributed by atoms with Crippen molar-refractivity contribution in [3.05, 3.63) is 47.3 Å². The number of rotatable bonds is 3. The molecule has 2 aromatic rings. The lowest BCUT2D eigenvalue weighted by Gasteiger charge is -2.36. The molecule has 0 bridgehead atoms. The summed E-state index contributed by atoms with van der Waals surface area (Å²) in [5, 5.41) is 0. The fourth-order valence-electron chi connectivity index (χ4n) is 2.92. The van der Waals surface area contributed by atoms with Gasteiger partial charge < -0.3 is 9.80 Å². The summed E-state index contributed by atoms with van der Waals surface area (Å²) in [5.41, 5.74) is 3.94. The van der Waals surface area contributed by atoms with Crippen molar-refractivity contribution < 1.29 is 4.79 Å². The maximum absolute atomic E-state index is 11.4. The van der Waals surface area contributed by atoms with E-state index in [9.17, 15) is 4.79 Å². The number of hydrogen-bond acceptors (Lipinski definition) is 5. The van der Waals surface area contributed by atoms with Crippen LogP contribution in [0.15, 0.2) is 30.3 Å². The molecule has 1 aromatic heterocycles. The Morgan fingerprint density at radius 2 is 1.43 bits per heavy atom. The van der Waals surface area contributed by atoms with Crippen molar-refractivity contribution in [3.63, 3.8) is 0 Å². The fourth-order valence-corrected chi connectivity index (χ4v) is 2.92. The van der Waals surface area contributed by atoms with Crippen molar-refractivity contribution >= 4 is 17.4 Å². The van der Waals surface area contributed by atoms with Gasteiger partial charge in [-0.05, 0) is 51.1 Å². The average molecular weight is 310 g/mol. The molecule has 5 heteroatoms. The summed E-state index contributed by atoms with van der Waals surface area (Å²) in [6.07, 6.45) is 0. The summed E-state index contributed by atoms with van der Waals surface area (Å²) in [6.45, 7) is 9.26. The molecule has 120 valence electrons. The first-order valence-corrected chi connectivity index (χ1v) is 7.96. The van der Waals surface area contributed by atoms with E-state index in [1.807, 2.05) is 44.2 Å². The minimum atomic E-state index is 0.105. The number of aromatic nitrogens is 2. The van der Waals surface area contributed by atoms with Gasteiger partial charge in [-0.2, -0.15) is 0 Å². The molecule has 2 heterocycles. The quantitative estimate of drug-likeness (QED) is 0.816. The van der Waals surface area contributed by atoms with Crippen molar-refractivity contribution in [1.29, 1.82) is 0 Å². The van der Waals surface area contributed by atoms with E-state index in [0.29, 0.717) is 0 Å². The van der Waals surface area contributed by atoms with E-state index in [2.05, 4.69) is 19.8 Å². The first-order chi connectivity index (χ1) is 11.0. The normalized spacial score (nSPS) is 14.9. The van der Waals surface area contributed by atoms with E-state index in [0.717, 1.165) is 54.8 Å². The van der Waals surface area contributed by atoms with E-state index < -0.39 is 0 Å². The van der Waals surface area contributed by atoms with E-state index in [-0.39, 0.29) is 5.78 Å². The van der Waals surface area contributed by atoms with E-state index >= 15 is 0 Å². The van der Waals surface area contributed by atoms with Crippen LogP contribution < -0.4 is 9.80 Å². The van der Waals surface area contributed by atoms with Gasteiger partial charge in [0.2, 0.25) is 5.95 Å². The molecule has 1 saturated heterocycles. The van der Waals surface area contributed by atoms with Crippen molar-refractivity contribution in [2.24, 2.45) is 0 Å². The average Bonchev–Trinajstić information content (AvgIpc) is 2.54. The molecule has 23 heavy (non-hydrogen) atoms. The molecule has 1 aromatic carbocycles. The molecule has 1 fully saturated rings. The van der Waals surface area contributed by atoms with Crippen molar-refractivity contribution in [2.75, 3.05) is 36.0 Å². The number of carbonyl (C=O) groups excluding carboxylic acids is 1. The van der Waals surface area contributed by atoms with Crippen LogP contribution in [0.5, 0.6) is 0 Å². The van der Waals surface area contributed by atoms with Crippen LogP contribution >= 0.6 is 0 Å². The monoisotopic (exact) mass is 310 g/mol. The highest BCUT2D eigenvalue weighted by Gasteiger charge is 2.19. The number of piperazine rings is 1. The Morgan fingerprint density at radius 3 is 1.96 bits per heavy atom. The number of aryl methyl sites for hydroxylation is 2. The Labute approximate surface area is 137 Å². The van der Waals surface area contributed by atoms with Crippen LogP contribution in [0.25, 0.3) is 0 Å². The minimum Gasteiger partial charge on any atom is -0.368 e. The molecule has 0 aliphatic carbocycles. The Hall–Kier alpha value is -2.43. The van der Waals surface area contributed by atoms with Crippen molar-refractivity contribution in [3.8, 4) is 0 Å². The van der Waals surface area contributed by atoms with Crippen LogP contribution in [0.1, 0.15) is 28.7 Å². The summed E-state index contributed by atoms with van der Waals surface area (Å²) in [5.74, 6) is 0.933. The molecular formula is C18H22N4O. The molecule has 0 amide bonds. The van der Waals surface area contributed by atoms with Crippen LogP contribution in [0, 0.1) is 13.8 Å². The molecule has 0 atom stereocenters. The molecule has 3 rings (SSSR count). The predicted molar refractivity (Wildman–Crippen MR) is 92.4 cm³/mol. The number of nitrogens with zero attached hydrogens (tertiary/aromatic N) is 4. The number of Topliss-reactive ketones (excluding diaryl/α,β-unsaturated/α-hetero) is 1. The smallest absolute Gasteiger partial charge is 0.225 e. The molecule has 1 aliphatic heterocycles. The van der Waals surface area contributed by atoms with E-state index in [1.54, 1.807) is 6.92 Å². The Morgan fingerprint density at radius 1 is 0.913 bits per heavy atom. The second-order valence-electron chi connectivity index (χ2n) is 6.03. The number of hydrogen-bond donors (Lipinski definition) is 0. The number of ketones is 1. The lowest BCUT2D eigenvalue weighted by atomic mass is 10.1. The molecule has 0 N–H and O–H groups in total. The first-order valence-electron chi connectivity index (χ1n) is 7.96. The van der Waals surface area contributed by atoms with Gasteiger partial charge in [-0.25, -0.2) is 9.97 Å². The lowest BCUT2D eigenvalue weighted by molar-refractivity contribution is 0.101. The van der Waals surface area contributed by atoms with Gasteiger partial charge in [-0.15, -0.1) is 0 Å². The number of carbonyl (C=O) groups is 1. The third-order valence-corrected chi connectivity index (χ3v) is 4.17. The topological polar surface area (TPSA) is 49.3 Å². The molecule has 1 aliphatic rings.